The molecule has 0 aromatic heterocycles. The van der Waals surface area contributed by atoms with Crippen molar-refractivity contribution in [1.29, 1.82) is 0 Å². The molecule has 0 atom stereocenters. The van der Waals surface area contributed by atoms with E-state index in [2.05, 4.69) is 0 Å². The van der Waals surface area contributed by atoms with Gasteiger partial charge < -0.3 is 0 Å². The Kier molecular flexibility index (Phi) is 7.42. The van der Waals surface area contributed by atoms with Crippen molar-refractivity contribution in [2.75, 3.05) is 9.80 Å². The molecule has 2 aliphatic heterocycles. The molecular formula is C45H34N2O4. The Morgan fingerprint density at radius 1 is 0.353 bits per heavy atom. The summed E-state index contributed by atoms with van der Waals surface area (Å²) < 4.78 is 0. The van der Waals surface area contributed by atoms with Crippen molar-refractivity contribution in [3.05, 3.63) is 165 Å². The van der Waals surface area contributed by atoms with Crippen LogP contribution in [0.15, 0.2) is 115 Å². The Balaban J connectivity index is 1.07. The van der Waals surface area contributed by atoms with Gasteiger partial charge in [-0.3, -0.25) is 19.2 Å². The Bertz CT molecular complexity index is 2490. The Morgan fingerprint density at radius 2 is 0.784 bits per heavy atom. The van der Waals surface area contributed by atoms with E-state index in [1.54, 1.807) is 30.3 Å². The summed E-state index contributed by atoms with van der Waals surface area (Å²) in [7, 11) is 0. The molecule has 8 rings (SSSR count). The molecule has 0 N–H and O–H groups in total. The third kappa shape index (κ3) is 5.10. The number of rotatable bonds is 5. The van der Waals surface area contributed by atoms with Gasteiger partial charge in [-0.15, -0.1) is 0 Å². The molecular weight excluding hydrogens is 633 g/mol. The molecule has 2 heterocycles. The molecule has 6 heteroatoms. The molecule has 0 spiro atoms. The van der Waals surface area contributed by atoms with Crippen molar-refractivity contribution in [2.45, 2.75) is 34.6 Å². The fourth-order valence-corrected chi connectivity index (χ4v) is 7.22. The number of hydrogen-bond donors (Lipinski definition) is 0. The number of aryl methyl sites for hydroxylation is 3. The van der Waals surface area contributed by atoms with E-state index >= 15 is 0 Å². The van der Waals surface area contributed by atoms with Crippen molar-refractivity contribution >= 4 is 35.0 Å². The van der Waals surface area contributed by atoms with E-state index in [1.165, 1.54) is 9.80 Å². The molecule has 0 aliphatic carbocycles. The second-order valence-corrected chi connectivity index (χ2v) is 13.5. The van der Waals surface area contributed by atoms with Crippen molar-refractivity contribution < 1.29 is 19.2 Å². The summed E-state index contributed by atoms with van der Waals surface area (Å²) in [5, 5.41) is 0. The lowest BCUT2D eigenvalue weighted by molar-refractivity contribution is 0.0910. The summed E-state index contributed by atoms with van der Waals surface area (Å²) in [6, 6.07) is 36.3. The molecule has 6 aromatic carbocycles. The maximum atomic E-state index is 13.8. The second-order valence-electron chi connectivity index (χ2n) is 13.5. The van der Waals surface area contributed by atoms with Crippen LogP contribution in [0.1, 0.15) is 69.2 Å². The summed E-state index contributed by atoms with van der Waals surface area (Å²) in [4.78, 5) is 57.1. The Morgan fingerprint density at radius 3 is 1.31 bits per heavy atom. The summed E-state index contributed by atoms with van der Waals surface area (Å²) in [6.07, 6.45) is 0. The fourth-order valence-electron chi connectivity index (χ4n) is 7.22. The van der Waals surface area contributed by atoms with Gasteiger partial charge in [0.1, 0.15) is 0 Å². The molecule has 0 unspecified atom stereocenters. The first-order chi connectivity index (χ1) is 24.5. The average Bonchev–Trinajstić information content (AvgIpc) is 3.53. The summed E-state index contributed by atoms with van der Waals surface area (Å²) in [5.41, 5.74) is 13.1. The monoisotopic (exact) mass is 666 g/mol. The number of anilines is 2. The van der Waals surface area contributed by atoms with Crippen molar-refractivity contribution in [3.8, 4) is 33.4 Å². The van der Waals surface area contributed by atoms with Crippen molar-refractivity contribution in [2.24, 2.45) is 0 Å². The number of nitrogens with zero attached hydrogens (tertiary/aromatic N) is 2. The smallest absolute Gasteiger partial charge is 0.266 e. The van der Waals surface area contributed by atoms with Crippen LogP contribution < -0.4 is 9.80 Å². The predicted molar refractivity (Wildman–Crippen MR) is 202 cm³/mol. The summed E-state index contributed by atoms with van der Waals surface area (Å²) in [6.45, 7) is 9.90. The SMILES string of the molecule is Cc1ccc(-c2ccc3c(c2)C(=O)N(c2ccc(-c4ccc(N5C(=O)c6ccc(-c7ccc(C)cc7)cc6C5=O)c(C)c4C)c(C)c2)C3=O)cc1. The quantitative estimate of drug-likeness (QED) is 0.172. The Labute approximate surface area is 296 Å². The normalized spacial score (nSPS) is 13.7. The number of hydrogen-bond acceptors (Lipinski definition) is 4. The molecule has 0 fully saturated rings. The van der Waals surface area contributed by atoms with Crippen molar-refractivity contribution in [3.63, 3.8) is 0 Å². The lowest BCUT2D eigenvalue weighted by atomic mass is 9.92. The largest absolute Gasteiger partial charge is 0.268 e. The summed E-state index contributed by atoms with van der Waals surface area (Å²) in [5.74, 6) is -1.37. The van der Waals surface area contributed by atoms with Gasteiger partial charge in [-0.2, -0.15) is 0 Å². The van der Waals surface area contributed by atoms with Gasteiger partial charge >= 0.3 is 0 Å². The summed E-state index contributed by atoms with van der Waals surface area (Å²) >= 11 is 0. The minimum Gasteiger partial charge on any atom is -0.268 e. The minimum atomic E-state index is -0.348. The highest BCUT2D eigenvalue weighted by molar-refractivity contribution is 6.35. The number of carbonyl (C=O) groups is 4. The van der Waals surface area contributed by atoms with Crippen LogP contribution in [0.2, 0.25) is 0 Å². The lowest BCUT2D eigenvalue weighted by Gasteiger charge is -2.21. The number of imide groups is 2. The van der Waals surface area contributed by atoms with Gasteiger partial charge in [-0.05, 0) is 127 Å². The molecule has 0 bridgehead atoms. The number of benzene rings is 6. The van der Waals surface area contributed by atoms with Crippen LogP contribution in [0, 0.1) is 34.6 Å². The van der Waals surface area contributed by atoms with E-state index in [0.717, 1.165) is 61.2 Å². The highest BCUT2D eigenvalue weighted by Crippen LogP contribution is 2.39. The van der Waals surface area contributed by atoms with Gasteiger partial charge in [0, 0.05) is 0 Å². The van der Waals surface area contributed by atoms with Crippen LogP contribution in [-0.4, -0.2) is 23.6 Å². The Hall–Kier alpha value is -6.40. The highest BCUT2D eigenvalue weighted by atomic mass is 16.2. The molecule has 51 heavy (non-hydrogen) atoms. The lowest BCUT2D eigenvalue weighted by Crippen LogP contribution is -2.30. The third-order valence-electron chi connectivity index (χ3n) is 10.3. The zero-order valence-electron chi connectivity index (χ0n) is 29.0. The standard InChI is InChI=1S/C45H34N2O4/c1-25-6-10-30(11-7-25)32-14-17-37-39(23-32)44(50)46(42(37)48)34-16-19-35(27(3)22-34)36-20-21-41(29(5)28(36)4)47-43(49)38-18-15-33(24-40(38)45(47)51)31-12-8-26(2)9-13-31/h6-24H,1-5H3. The highest BCUT2D eigenvalue weighted by Gasteiger charge is 2.39. The number of amides is 4. The zero-order chi connectivity index (χ0) is 35.7. The van der Waals surface area contributed by atoms with E-state index in [-0.39, 0.29) is 23.6 Å². The first-order valence-electron chi connectivity index (χ1n) is 16.9. The van der Waals surface area contributed by atoms with Crippen LogP contribution >= 0.6 is 0 Å². The van der Waals surface area contributed by atoms with Gasteiger partial charge in [-0.1, -0.05) is 83.9 Å². The maximum Gasteiger partial charge on any atom is 0.266 e. The van der Waals surface area contributed by atoms with E-state index < -0.39 is 0 Å². The topological polar surface area (TPSA) is 74.8 Å². The molecule has 0 radical (unpaired) electrons. The van der Waals surface area contributed by atoms with Gasteiger partial charge in [0.05, 0.1) is 33.6 Å². The van der Waals surface area contributed by atoms with E-state index in [4.69, 9.17) is 0 Å². The molecule has 248 valence electrons. The minimum absolute atomic E-state index is 0.340. The molecule has 6 nitrogen and oxygen atoms in total. The van der Waals surface area contributed by atoms with Gasteiger partial charge in [0.25, 0.3) is 23.6 Å². The van der Waals surface area contributed by atoms with Crippen LogP contribution in [-0.2, 0) is 0 Å². The van der Waals surface area contributed by atoms with E-state index in [1.807, 2.05) is 120 Å². The fraction of sp³-hybridized carbons (Fsp3) is 0.111. The first kappa shape index (κ1) is 31.8. The maximum absolute atomic E-state index is 13.8. The van der Waals surface area contributed by atoms with Gasteiger partial charge in [-0.25, -0.2) is 9.80 Å². The molecule has 2 aliphatic rings. The zero-order valence-corrected chi connectivity index (χ0v) is 29.0. The molecule has 0 saturated heterocycles. The second kappa shape index (κ2) is 11.9. The molecule has 0 saturated carbocycles. The van der Waals surface area contributed by atoms with Crippen LogP contribution in [0.5, 0.6) is 0 Å². The first-order valence-corrected chi connectivity index (χ1v) is 16.9. The predicted octanol–water partition coefficient (Wildman–Crippen LogP) is 9.83. The molecule has 4 amide bonds. The van der Waals surface area contributed by atoms with Crippen LogP contribution in [0.4, 0.5) is 11.4 Å². The number of carbonyl (C=O) groups excluding carboxylic acids is 4. The van der Waals surface area contributed by atoms with Crippen molar-refractivity contribution in [1.82, 2.24) is 0 Å². The molecule has 6 aromatic rings. The van der Waals surface area contributed by atoms with Crippen LogP contribution in [0.25, 0.3) is 33.4 Å². The van der Waals surface area contributed by atoms with Crippen LogP contribution in [0.3, 0.4) is 0 Å². The van der Waals surface area contributed by atoms with E-state index in [0.29, 0.717) is 33.6 Å². The van der Waals surface area contributed by atoms with E-state index in [9.17, 15) is 19.2 Å². The average molecular weight is 667 g/mol. The third-order valence-corrected chi connectivity index (χ3v) is 10.3. The number of fused-ring (bicyclic) bond motifs is 2. The van der Waals surface area contributed by atoms with Gasteiger partial charge in [0.15, 0.2) is 0 Å². The van der Waals surface area contributed by atoms with Gasteiger partial charge in [0.2, 0.25) is 0 Å².